The lowest BCUT2D eigenvalue weighted by Crippen LogP contribution is -2.70. The van der Waals surface area contributed by atoms with Crippen LogP contribution in [0.4, 0.5) is 0 Å². The topological polar surface area (TPSA) is 66.8 Å². The first-order valence-electron chi connectivity index (χ1n) is 15.7. The maximum absolute atomic E-state index is 13.4. The summed E-state index contributed by atoms with van der Waals surface area (Å²) in [7, 11) is 0. The van der Waals surface area contributed by atoms with Crippen LogP contribution in [0.1, 0.15) is 116 Å². The number of hydrogen-bond donors (Lipinski definition) is 2. The van der Waals surface area contributed by atoms with Crippen molar-refractivity contribution in [1.82, 2.24) is 0 Å². The van der Waals surface area contributed by atoms with E-state index in [1.807, 2.05) is 30.3 Å². The third-order valence-electron chi connectivity index (χ3n) is 12.3. The monoisotopic (exact) mass is 524 g/mol. The van der Waals surface area contributed by atoms with Gasteiger partial charge in [0, 0.05) is 17.8 Å². The average Bonchev–Trinajstić information content (AvgIpc) is 3.23. The molecule has 4 nitrogen and oxygen atoms in total. The first-order chi connectivity index (χ1) is 18.0. The third-order valence-corrected chi connectivity index (χ3v) is 12.3. The van der Waals surface area contributed by atoms with Gasteiger partial charge in [-0.05, 0) is 85.7 Å². The number of carbonyl (C=O) groups excluding carboxylic acids is 1. The number of carbonyl (C=O) groups is 1. The average molecular weight is 525 g/mol. The number of benzene rings is 1. The van der Waals surface area contributed by atoms with Crippen LogP contribution in [0.3, 0.4) is 0 Å². The number of esters is 1. The zero-order valence-corrected chi connectivity index (χ0v) is 24.5. The number of hydrogen-bond acceptors (Lipinski definition) is 4. The zero-order valence-electron chi connectivity index (χ0n) is 24.5. The normalized spacial score (nSPS) is 43.2. The Morgan fingerprint density at radius 2 is 1.74 bits per heavy atom. The summed E-state index contributed by atoms with van der Waals surface area (Å²) in [5.41, 5.74) is -0.734. The Morgan fingerprint density at radius 1 is 1.00 bits per heavy atom. The van der Waals surface area contributed by atoms with E-state index in [1.165, 1.54) is 38.5 Å². The lowest BCUT2D eigenvalue weighted by Gasteiger charge is -2.66. The van der Waals surface area contributed by atoms with E-state index in [0.29, 0.717) is 36.2 Å². The lowest BCUT2D eigenvalue weighted by atomic mass is 9.42. The van der Waals surface area contributed by atoms with Gasteiger partial charge in [0.25, 0.3) is 0 Å². The molecule has 4 saturated carbocycles. The van der Waals surface area contributed by atoms with E-state index in [0.717, 1.165) is 25.2 Å². The van der Waals surface area contributed by atoms with E-state index < -0.39 is 11.7 Å². The number of aliphatic hydroxyl groups excluding tert-OH is 1. The lowest BCUT2D eigenvalue weighted by molar-refractivity contribution is -0.270. The van der Waals surface area contributed by atoms with Gasteiger partial charge in [0.15, 0.2) is 0 Å². The minimum absolute atomic E-state index is 0.241. The van der Waals surface area contributed by atoms with Gasteiger partial charge in [-0.15, -0.1) is 0 Å². The predicted octanol–water partition coefficient (Wildman–Crippen LogP) is 7.42. The van der Waals surface area contributed by atoms with Crippen LogP contribution in [0.15, 0.2) is 30.3 Å². The summed E-state index contributed by atoms with van der Waals surface area (Å²) in [6.07, 6.45) is 10.3. The summed E-state index contributed by atoms with van der Waals surface area (Å²) in [5, 5.41) is 23.3. The van der Waals surface area contributed by atoms with Crippen LogP contribution < -0.4 is 0 Å². The van der Waals surface area contributed by atoms with Gasteiger partial charge in [-0.2, -0.15) is 0 Å². The summed E-state index contributed by atoms with van der Waals surface area (Å²) in [6.45, 7) is 11.9. The third kappa shape index (κ3) is 4.56. The highest BCUT2D eigenvalue weighted by Crippen LogP contribution is 2.69. The summed E-state index contributed by atoms with van der Waals surface area (Å²) in [6, 6.07) is 9.28. The second-order valence-corrected chi connectivity index (χ2v) is 14.6. The molecule has 0 aliphatic heterocycles. The van der Waals surface area contributed by atoms with Gasteiger partial charge in [0.2, 0.25) is 0 Å². The molecule has 38 heavy (non-hydrogen) atoms. The van der Waals surface area contributed by atoms with Gasteiger partial charge >= 0.3 is 5.97 Å². The van der Waals surface area contributed by atoms with Crippen molar-refractivity contribution in [2.75, 3.05) is 0 Å². The fourth-order valence-corrected chi connectivity index (χ4v) is 10.2. The molecule has 2 N–H and O–H groups in total. The fourth-order valence-electron chi connectivity index (χ4n) is 10.2. The molecule has 0 saturated heterocycles. The van der Waals surface area contributed by atoms with Crippen LogP contribution in [0.2, 0.25) is 0 Å². The van der Waals surface area contributed by atoms with Crippen LogP contribution in [0.25, 0.3) is 0 Å². The summed E-state index contributed by atoms with van der Waals surface area (Å²) in [4.78, 5) is 13.4. The Hall–Kier alpha value is -1.39. The van der Waals surface area contributed by atoms with Crippen molar-refractivity contribution in [3.8, 4) is 0 Å². The molecule has 10 atom stereocenters. The molecular weight excluding hydrogens is 472 g/mol. The van der Waals surface area contributed by atoms with Crippen LogP contribution in [0.5, 0.6) is 0 Å². The Labute approximate surface area is 230 Å². The Kier molecular flexibility index (Phi) is 7.81. The maximum atomic E-state index is 13.4. The van der Waals surface area contributed by atoms with E-state index in [1.54, 1.807) is 0 Å². The molecule has 0 aromatic heterocycles. The minimum atomic E-state index is -1.20. The summed E-state index contributed by atoms with van der Waals surface area (Å²) < 4.78 is 6.38. The molecular formula is C34H52O4. The van der Waals surface area contributed by atoms with E-state index in [9.17, 15) is 15.0 Å². The van der Waals surface area contributed by atoms with Gasteiger partial charge in [0.05, 0.1) is 17.3 Å². The van der Waals surface area contributed by atoms with E-state index in [4.69, 9.17) is 4.74 Å². The molecule has 1 aromatic carbocycles. The minimum Gasteiger partial charge on any atom is -0.458 e. The van der Waals surface area contributed by atoms with Gasteiger partial charge in [-0.25, -0.2) is 4.79 Å². The number of ether oxygens (including phenoxy) is 1. The molecule has 0 radical (unpaired) electrons. The molecule has 5 rings (SSSR count). The van der Waals surface area contributed by atoms with Crippen molar-refractivity contribution in [3.63, 3.8) is 0 Å². The highest BCUT2D eigenvalue weighted by Gasteiger charge is 2.69. The van der Waals surface area contributed by atoms with Crippen molar-refractivity contribution < 1.29 is 19.7 Å². The molecule has 0 bridgehead atoms. The van der Waals surface area contributed by atoms with Crippen LogP contribution in [-0.2, 0) is 4.74 Å². The number of rotatable bonds is 7. The largest absolute Gasteiger partial charge is 0.458 e. The molecule has 212 valence electrons. The quantitative estimate of drug-likeness (QED) is 0.364. The van der Waals surface area contributed by atoms with Crippen molar-refractivity contribution in [1.29, 1.82) is 0 Å². The van der Waals surface area contributed by atoms with Crippen molar-refractivity contribution in [2.45, 2.75) is 123 Å². The highest BCUT2D eigenvalue weighted by molar-refractivity contribution is 5.89. The highest BCUT2D eigenvalue weighted by atomic mass is 16.5. The van der Waals surface area contributed by atoms with E-state index in [2.05, 4.69) is 34.6 Å². The second-order valence-electron chi connectivity index (χ2n) is 14.6. The van der Waals surface area contributed by atoms with Crippen molar-refractivity contribution >= 4 is 5.97 Å². The number of aliphatic hydroxyl groups is 2. The van der Waals surface area contributed by atoms with Gasteiger partial charge in [0.1, 0.15) is 6.10 Å². The molecule has 0 spiro atoms. The molecule has 4 fully saturated rings. The molecule has 0 heterocycles. The maximum Gasteiger partial charge on any atom is 0.338 e. The smallest absolute Gasteiger partial charge is 0.338 e. The van der Waals surface area contributed by atoms with Crippen molar-refractivity contribution in [3.05, 3.63) is 35.9 Å². The molecule has 0 amide bonds. The second kappa shape index (κ2) is 10.5. The first kappa shape index (κ1) is 28.1. The molecule has 4 aliphatic carbocycles. The first-order valence-corrected chi connectivity index (χ1v) is 15.7. The summed E-state index contributed by atoms with van der Waals surface area (Å²) in [5.74, 6) is 2.87. The molecule has 3 unspecified atom stereocenters. The Balaban J connectivity index is 1.45. The van der Waals surface area contributed by atoms with Gasteiger partial charge in [-0.1, -0.05) is 78.5 Å². The van der Waals surface area contributed by atoms with E-state index >= 15 is 0 Å². The van der Waals surface area contributed by atoms with Gasteiger partial charge < -0.3 is 14.9 Å². The van der Waals surface area contributed by atoms with Crippen molar-refractivity contribution in [2.24, 2.45) is 46.3 Å². The SMILES string of the molecule is CC(C)CCC[C@@H](C)[C@H]1CC[C@H]2[C@@H]3C(OC(=O)c4ccccc4)CC4(O)C(O)CCC[C@]4(C)[C@H]3CC[C@]12C. The Bertz CT molecular complexity index is 976. The molecule has 4 aliphatic rings. The number of fused-ring (bicyclic) bond motifs is 5. The molecule has 4 heteroatoms. The van der Waals surface area contributed by atoms with E-state index in [-0.39, 0.29) is 34.7 Å². The standard InChI is InChI=1S/C34H52O4/c1-22(2)11-9-12-23(3)25-16-17-26-30-27(18-20-32(25,26)4)33(5)19-10-15-29(35)34(33,37)21-28(30)38-31(36)24-13-7-6-8-14-24/h6-8,13-14,22-23,25-30,35,37H,9-12,15-21H2,1-5H3/t23-,25-,26+,27+,28?,29?,30+,32-,33-,34?/m1/s1. The zero-order chi connectivity index (χ0) is 27.3. The molecule has 1 aromatic rings. The van der Waals surface area contributed by atoms with Crippen LogP contribution >= 0.6 is 0 Å². The summed E-state index contributed by atoms with van der Waals surface area (Å²) >= 11 is 0. The van der Waals surface area contributed by atoms with Gasteiger partial charge in [-0.3, -0.25) is 0 Å². The fraction of sp³-hybridized carbons (Fsp3) is 0.794. The predicted molar refractivity (Wildman–Crippen MR) is 152 cm³/mol. The van der Waals surface area contributed by atoms with Crippen LogP contribution in [-0.4, -0.2) is 34.0 Å². The van der Waals surface area contributed by atoms with Crippen LogP contribution in [0, 0.1) is 46.3 Å². The Morgan fingerprint density at radius 3 is 2.45 bits per heavy atom.